The molecule has 0 bridgehead atoms. The molecule has 8 unspecified atom stereocenters. The normalized spacial score (nSPS) is 26.4. The maximum absolute atomic E-state index is 7.29. The molecule has 0 amide bonds. The molecule has 32 heteroatoms. The van der Waals surface area contributed by atoms with E-state index in [1.54, 1.807) is 0 Å². The maximum Gasteiger partial charge on any atom is 0.335 e. The van der Waals surface area contributed by atoms with Gasteiger partial charge in [0.25, 0.3) is 0 Å². The molecule has 0 saturated carbocycles. The summed E-state index contributed by atoms with van der Waals surface area (Å²) < 4.78 is 132. The Morgan fingerprint density at radius 2 is 0.514 bits per heavy atom. The van der Waals surface area contributed by atoms with Crippen LogP contribution < -0.4 is 0 Å². The Hall–Kier alpha value is 0.775. The Labute approximate surface area is 653 Å². The minimum atomic E-state index is -2.58. The quantitative estimate of drug-likeness (QED) is 0.0316. The average Bonchev–Trinajstić information content (AvgIpc) is 0.850. The predicted octanol–water partition coefficient (Wildman–Crippen LogP) is 10.3. The Kier molecular flexibility index (Phi) is 54.8. The van der Waals surface area contributed by atoms with Crippen LogP contribution in [0.15, 0.2) is 0 Å². The van der Waals surface area contributed by atoms with Crippen molar-refractivity contribution in [1.82, 2.24) is 19.6 Å². The minimum absolute atomic E-state index is 0.154. The van der Waals surface area contributed by atoms with Crippen LogP contribution in [0.3, 0.4) is 0 Å². The minimum Gasteiger partial charge on any atom is -0.395 e. The molecule has 0 aliphatic carbocycles. The first-order chi connectivity index (χ1) is 50.8. The molecule has 4 heterocycles. The van der Waals surface area contributed by atoms with Crippen LogP contribution >= 0.6 is 0 Å². The molecule has 0 aromatic carbocycles. The highest BCUT2D eigenvalue weighted by molar-refractivity contribution is 6.67. The van der Waals surface area contributed by atoms with Crippen molar-refractivity contribution < 1.29 is 92.3 Å². The summed E-state index contributed by atoms with van der Waals surface area (Å²) in [6.45, 7) is 54.1. The van der Waals surface area contributed by atoms with Gasteiger partial charge in [0.15, 0.2) is 0 Å². The van der Waals surface area contributed by atoms with E-state index in [0.29, 0.717) is 144 Å². The van der Waals surface area contributed by atoms with Crippen LogP contribution in [0.4, 0.5) is 0 Å². The lowest BCUT2D eigenvalue weighted by atomic mass is 9.92. The van der Waals surface area contributed by atoms with Crippen molar-refractivity contribution >= 4 is 72.3 Å². The smallest absolute Gasteiger partial charge is 0.335 e. The van der Waals surface area contributed by atoms with Gasteiger partial charge in [-0.1, -0.05) is 24.2 Å². The SMILES string of the molecule is CCOC(OCC)[Si]CCCN1CCC[Si](C)(OCC)OC(COCC(COCC2CN(CCC[Si]C(OCC)OCC)CCC[Si](C)(OCC)O2)(COCC2CN(CCC[Si]C(OCC)OCC)CCC[Si](C)(OCC)O2)COCC2CN(CCC[Si]C(OCC)OCC)CCC[Si](C)(OCC)O2)C1. The molecule has 4 saturated heterocycles. The van der Waals surface area contributed by atoms with Gasteiger partial charge in [-0.15, -0.1) is 0 Å². The van der Waals surface area contributed by atoms with E-state index in [4.69, 9.17) is 92.3 Å². The lowest BCUT2D eigenvalue weighted by Crippen LogP contribution is -2.52. The van der Waals surface area contributed by atoms with Crippen molar-refractivity contribution in [3.63, 3.8) is 0 Å². The van der Waals surface area contributed by atoms with Crippen molar-refractivity contribution in [3.05, 3.63) is 0 Å². The summed E-state index contributed by atoms with van der Waals surface area (Å²) in [6.07, 6.45) is 7.25. The molecular formula is C73H152N4O20Si8. The van der Waals surface area contributed by atoms with E-state index in [2.05, 4.69) is 73.5 Å². The van der Waals surface area contributed by atoms with Crippen LogP contribution in [-0.2, 0) is 92.3 Å². The zero-order valence-corrected chi connectivity index (χ0v) is 77.0. The van der Waals surface area contributed by atoms with Crippen molar-refractivity contribution in [3.8, 4) is 0 Å². The van der Waals surface area contributed by atoms with Gasteiger partial charge in [-0.3, -0.25) is 0 Å². The van der Waals surface area contributed by atoms with Crippen LogP contribution in [0, 0.1) is 5.41 Å². The maximum atomic E-state index is 7.29. The van der Waals surface area contributed by atoms with E-state index in [9.17, 15) is 0 Å². The fourth-order valence-electron chi connectivity index (χ4n) is 14.5. The molecule has 4 aliphatic heterocycles. The summed E-state index contributed by atoms with van der Waals surface area (Å²) in [6, 6.07) is 7.74. The van der Waals surface area contributed by atoms with Gasteiger partial charge in [-0.25, -0.2) is 0 Å². The molecule has 4 aliphatic rings. The highest BCUT2D eigenvalue weighted by atomic mass is 28.4. The molecule has 105 heavy (non-hydrogen) atoms. The Bertz CT molecular complexity index is 1790. The van der Waals surface area contributed by atoms with Gasteiger partial charge in [0.1, 0.15) is 61.7 Å². The second kappa shape index (κ2) is 58.6. The monoisotopic (exact) mass is 1630 g/mol. The molecule has 4 rings (SSSR count). The molecule has 8 radical (unpaired) electrons. The Morgan fingerprint density at radius 3 is 0.695 bits per heavy atom. The van der Waals surface area contributed by atoms with Gasteiger partial charge in [-0.2, -0.15) is 0 Å². The van der Waals surface area contributed by atoms with Crippen molar-refractivity contribution in [2.75, 3.05) is 211 Å². The van der Waals surface area contributed by atoms with Gasteiger partial charge in [0, 0.05) is 105 Å². The van der Waals surface area contributed by atoms with Gasteiger partial charge < -0.3 is 112 Å². The first-order valence-corrected chi connectivity index (χ1v) is 56.4. The number of hydrogen-bond acceptors (Lipinski definition) is 24. The third kappa shape index (κ3) is 42.8. The molecule has 24 nitrogen and oxygen atoms in total. The number of hydrogen-bond donors (Lipinski definition) is 0. The van der Waals surface area contributed by atoms with E-state index < -0.39 is 39.7 Å². The summed E-state index contributed by atoms with van der Waals surface area (Å²) in [4.78, 5) is 10.3. The molecule has 0 N–H and O–H groups in total. The summed E-state index contributed by atoms with van der Waals surface area (Å²) in [7, 11) is -8.04. The van der Waals surface area contributed by atoms with E-state index in [0.717, 1.165) is 178 Å². The van der Waals surface area contributed by atoms with Gasteiger partial charge in [0.2, 0.25) is 0 Å². The van der Waals surface area contributed by atoms with Crippen LogP contribution in [0.5, 0.6) is 0 Å². The lowest BCUT2D eigenvalue weighted by molar-refractivity contribution is -0.134. The third-order valence-electron chi connectivity index (χ3n) is 19.0. The molecule has 8 atom stereocenters. The zero-order chi connectivity index (χ0) is 76.3. The molecular weight excluding hydrogens is 1480 g/mol. The van der Waals surface area contributed by atoms with E-state index in [-0.39, 0.29) is 74.5 Å². The second-order valence-electron chi connectivity index (χ2n) is 28.6. The average molecular weight is 1630 g/mol. The molecule has 0 spiro atoms. The topological polar surface area (TPSA) is 198 Å². The second-order valence-corrected chi connectivity index (χ2v) is 47.3. The third-order valence-corrected chi connectivity index (χ3v) is 36.2. The molecule has 0 aromatic heterocycles. The van der Waals surface area contributed by atoms with Gasteiger partial charge >= 0.3 is 34.2 Å². The van der Waals surface area contributed by atoms with Crippen molar-refractivity contribution in [2.45, 2.75) is 257 Å². The largest absolute Gasteiger partial charge is 0.395 e. The Balaban J connectivity index is 1.79. The van der Waals surface area contributed by atoms with E-state index in [1.807, 2.05) is 55.4 Å². The number of ether oxygens (including phenoxy) is 12. The molecule has 0 aromatic rings. The summed E-state index contributed by atoms with van der Waals surface area (Å²) in [5, 5.41) is 0. The van der Waals surface area contributed by atoms with Crippen LogP contribution in [0.2, 0.25) is 74.5 Å². The highest BCUT2D eigenvalue weighted by Crippen LogP contribution is 2.30. The fraction of sp³-hybridized carbons (Fsp3) is 1.00. The van der Waals surface area contributed by atoms with Gasteiger partial charge in [0.05, 0.1) is 82.7 Å². The van der Waals surface area contributed by atoms with Gasteiger partial charge in [-0.05, 0) is 237 Å². The summed E-state index contributed by atoms with van der Waals surface area (Å²) >= 11 is 0. The fourth-order valence-corrected chi connectivity index (χ4v) is 29.5. The van der Waals surface area contributed by atoms with Crippen LogP contribution in [-0.4, -0.2) is 351 Å². The predicted molar refractivity (Wildman–Crippen MR) is 431 cm³/mol. The van der Waals surface area contributed by atoms with E-state index in [1.165, 1.54) is 0 Å². The Morgan fingerprint density at radius 1 is 0.314 bits per heavy atom. The summed E-state index contributed by atoms with van der Waals surface area (Å²) in [5.74, 6) is -0.614. The number of nitrogens with zero attached hydrogens (tertiary/aromatic N) is 4. The van der Waals surface area contributed by atoms with E-state index >= 15 is 0 Å². The standard InChI is InChI=1S/C73H152N4O20Si8/c1-17-82-69(83-18-2)98-45-29-37-74-41-33-49-102(13,90-25-9)94-65(53-74)57-78-61-73(62-79-58-66-54-75(42-34-50-103(14,95-66)91-26-10)38-30-46-99-70(84-19-3)85-20-4,63-80-59-67-55-76(43-35-51-104(15,96-67)92-27-11)39-31-47-100-71(86-21-5)87-22-6)64-81-60-68-56-77(44-36-52-105(16,97-68)93-28-12)40-32-48-101-72(88-23-7)89-24-8/h65-72H,17-64H2,1-16H3. The van der Waals surface area contributed by atoms with Crippen molar-refractivity contribution in [1.29, 1.82) is 0 Å². The summed E-state index contributed by atoms with van der Waals surface area (Å²) in [5.41, 5.74) is -0.831. The van der Waals surface area contributed by atoms with Crippen molar-refractivity contribution in [2.24, 2.45) is 5.41 Å². The number of rotatable bonds is 60. The molecule has 4 fully saturated rings. The first-order valence-electron chi connectivity index (χ1n) is 41.2. The molecule has 616 valence electrons. The van der Waals surface area contributed by atoms with Crippen LogP contribution in [0.1, 0.15) is 134 Å². The zero-order valence-electron chi connectivity index (χ0n) is 69.0. The highest BCUT2D eigenvalue weighted by Gasteiger charge is 2.43. The lowest BCUT2D eigenvalue weighted by Gasteiger charge is -2.40. The first kappa shape index (κ1) is 98.1. The van der Waals surface area contributed by atoms with Crippen LogP contribution in [0.25, 0.3) is 0 Å².